The van der Waals surface area contributed by atoms with Gasteiger partial charge in [0.25, 0.3) is 5.91 Å². The first kappa shape index (κ1) is 18.6. The first-order valence-corrected chi connectivity index (χ1v) is 9.71. The fourth-order valence-electron chi connectivity index (χ4n) is 2.94. The number of carbonyl (C=O) groups is 1. The Bertz CT molecular complexity index is 851. The van der Waals surface area contributed by atoms with E-state index in [0.717, 1.165) is 6.42 Å². The van der Waals surface area contributed by atoms with Gasteiger partial charge in [0.05, 0.1) is 24.2 Å². The van der Waals surface area contributed by atoms with Crippen molar-refractivity contribution >= 4 is 15.9 Å². The second kappa shape index (κ2) is 7.98. The highest BCUT2D eigenvalue weighted by atomic mass is 32.2. The predicted molar refractivity (Wildman–Crippen MR) is 92.9 cm³/mol. The highest BCUT2D eigenvalue weighted by Gasteiger charge is 2.32. The Hall–Kier alpha value is -2.23. The van der Waals surface area contributed by atoms with Crippen LogP contribution in [0, 0.1) is 5.92 Å². The van der Waals surface area contributed by atoms with Gasteiger partial charge in [-0.1, -0.05) is 11.2 Å². The van der Waals surface area contributed by atoms with Crippen molar-refractivity contribution in [3.8, 4) is 0 Å². The lowest BCUT2D eigenvalue weighted by Gasteiger charge is -2.17. The molecule has 0 radical (unpaired) electrons. The summed E-state index contributed by atoms with van der Waals surface area (Å²) in [5.74, 6) is 0.337. The topological polar surface area (TPSA) is 102 Å². The zero-order valence-corrected chi connectivity index (χ0v) is 15.2. The normalized spacial score (nSPS) is 18.1. The Labute approximate surface area is 152 Å². The molecule has 1 amide bonds. The van der Waals surface area contributed by atoms with Crippen molar-refractivity contribution in [2.24, 2.45) is 5.92 Å². The van der Waals surface area contributed by atoms with Gasteiger partial charge in [0.1, 0.15) is 0 Å². The quantitative estimate of drug-likeness (QED) is 0.777. The zero-order valence-electron chi connectivity index (χ0n) is 14.4. The summed E-state index contributed by atoms with van der Waals surface area (Å²) in [5, 5.41) is 6.24. The molecule has 1 fully saturated rings. The number of amides is 1. The molecule has 8 nitrogen and oxygen atoms in total. The fourth-order valence-corrected chi connectivity index (χ4v) is 4.51. The summed E-state index contributed by atoms with van der Waals surface area (Å²) >= 11 is 0. The highest BCUT2D eigenvalue weighted by Crippen LogP contribution is 2.25. The standard InChI is InChI=1S/C17H21N3O5S/c1-24-12-13-6-8-20(11-13)26(22,23)16-4-2-3-14(9-16)17(21)18-10-15-5-7-19-25-15/h2-5,7,9,13H,6,8,10-12H2,1H3,(H,18,21). The van der Waals surface area contributed by atoms with Gasteiger partial charge in [-0.3, -0.25) is 4.79 Å². The molecule has 1 N–H and O–H groups in total. The van der Waals surface area contributed by atoms with Gasteiger partial charge in [0, 0.05) is 31.8 Å². The number of hydrogen-bond donors (Lipinski definition) is 1. The van der Waals surface area contributed by atoms with E-state index in [9.17, 15) is 13.2 Å². The van der Waals surface area contributed by atoms with Crippen LogP contribution in [0.2, 0.25) is 0 Å². The number of aromatic nitrogens is 1. The third-order valence-corrected chi connectivity index (χ3v) is 6.16. The van der Waals surface area contributed by atoms with Crippen molar-refractivity contribution < 1.29 is 22.5 Å². The summed E-state index contributed by atoms with van der Waals surface area (Å²) in [7, 11) is -2.03. The fraction of sp³-hybridized carbons (Fsp3) is 0.412. The van der Waals surface area contributed by atoms with Crippen molar-refractivity contribution in [3.05, 3.63) is 47.9 Å². The Morgan fingerprint density at radius 3 is 3.00 bits per heavy atom. The Kier molecular flexibility index (Phi) is 5.70. The Morgan fingerprint density at radius 2 is 2.27 bits per heavy atom. The number of nitrogens with zero attached hydrogens (tertiary/aromatic N) is 2. The third kappa shape index (κ3) is 4.12. The van der Waals surface area contributed by atoms with Gasteiger partial charge in [0.2, 0.25) is 10.0 Å². The maximum Gasteiger partial charge on any atom is 0.251 e. The molecule has 140 valence electrons. The van der Waals surface area contributed by atoms with Crippen LogP contribution < -0.4 is 5.32 Å². The summed E-state index contributed by atoms with van der Waals surface area (Å²) < 4.78 is 37.1. The van der Waals surface area contributed by atoms with E-state index in [0.29, 0.717) is 25.5 Å². The molecule has 9 heteroatoms. The molecule has 1 unspecified atom stereocenters. The minimum Gasteiger partial charge on any atom is -0.384 e. The van der Waals surface area contributed by atoms with Gasteiger partial charge >= 0.3 is 0 Å². The number of ether oxygens (including phenoxy) is 1. The Balaban J connectivity index is 1.71. The minimum atomic E-state index is -3.63. The lowest BCUT2D eigenvalue weighted by atomic mass is 10.1. The van der Waals surface area contributed by atoms with Crippen LogP contribution in [0.25, 0.3) is 0 Å². The highest BCUT2D eigenvalue weighted by molar-refractivity contribution is 7.89. The molecule has 1 atom stereocenters. The molecule has 0 saturated carbocycles. The van der Waals surface area contributed by atoms with Crippen LogP contribution in [-0.4, -0.2) is 50.6 Å². The Morgan fingerprint density at radius 1 is 1.42 bits per heavy atom. The van der Waals surface area contributed by atoms with Gasteiger partial charge < -0.3 is 14.6 Å². The number of rotatable bonds is 7. The van der Waals surface area contributed by atoms with Crippen LogP contribution in [0.4, 0.5) is 0 Å². The average molecular weight is 379 g/mol. The number of carbonyl (C=O) groups excluding carboxylic acids is 1. The monoisotopic (exact) mass is 379 g/mol. The number of nitrogens with one attached hydrogen (secondary N) is 1. The van der Waals surface area contributed by atoms with Crippen LogP contribution in [-0.2, 0) is 21.3 Å². The van der Waals surface area contributed by atoms with Gasteiger partial charge in [-0.25, -0.2) is 8.42 Å². The lowest BCUT2D eigenvalue weighted by Crippen LogP contribution is -2.30. The van der Waals surface area contributed by atoms with Crippen molar-refractivity contribution in [3.63, 3.8) is 0 Å². The second-order valence-corrected chi connectivity index (χ2v) is 8.10. The van der Waals surface area contributed by atoms with E-state index in [-0.39, 0.29) is 28.8 Å². The molecule has 1 aromatic heterocycles. The van der Waals surface area contributed by atoms with Crippen LogP contribution in [0.1, 0.15) is 22.5 Å². The largest absolute Gasteiger partial charge is 0.384 e. The van der Waals surface area contributed by atoms with E-state index in [1.807, 2.05) is 0 Å². The lowest BCUT2D eigenvalue weighted by molar-refractivity contribution is 0.0947. The maximum absolute atomic E-state index is 12.8. The number of methoxy groups -OCH3 is 1. The van der Waals surface area contributed by atoms with E-state index >= 15 is 0 Å². The van der Waals surface area contributed by atoms with E-state index < -0.39 is 10.0 Å². The first-order chi connectivity index (χ1) is 12.5. The summed E-state index contributed by atoms with van der Waals surface area (Å²) in [6.07, 6.45) is 2.26. The van der Waals surface area contributed by atoms with Crippen molar-refractivity contribution in [1.82, 2.24) is 14.8 Å². The third-order valence-electron chi connectivity index (χ3n) is 4.30. The number of sulfonamides is 1. The number of hydrogen-bond acceptors (Lipinski definition) is 6. The van der Waals surface area contributed by atoms with Gasteiger partial charge in [-0.2, -0.15) is 4.31 Å². The molecular weight excluding hydrogens is 358 g/mol. The van der Waals surface area contributed by atoms with Crippen LogP contribution in [0.15, 0.2) is 45.9 Å². The molecule has 1 saturated heterocycles. The van der Waals surface area contributed by atoms with Crippen molar-refractivity contribution in [2.45, 2.75) is 17.9 Å². The summed E-state index contributed by atoms with van der Waals surface area (Å²) in [6, 6.07) is 7.69. The summed E-state index contributed by atoms with van der Waals surface area (Å²) in [4.78, 5) is 12.4. The molecule has 0 aliphatic carbocycles. The summed E-state index contributed by atoms with van der Waals surface area (Å²) in [5.41, 5.74) is 0.276. The molecule has 2 aromatic rings. The van der Waals surface area contributed by atoms with Crippen LogP contribution >= 0.6 is 0 Å². The van der Waals surface area contributed by atoms with Crippen LogP contribution in [0.3, 0.4) is 0 Å². The smallest absolute Gasteiger partial charge is 0.251 e. The second-order valence-electron chi connectivity index (χ2n) is 6.16. The molecule has 1 aliphatic rings. The zero-order chi connectivity index (χ0) is 18.6. The average Bonchev–Trinajstić information content (AvgIpc) is 3.32. The van der Waals surface area contributed by atoms with Crippen LogP contribution in [0.5, 0.6) is 0 Å². The first-order valence-electron chi connectivity index (χ1n) is 8.27. The van der Waals surface area contributed by atoms with E-state index in [4.69, 9.17) is 9.26 Å². The number of benzene rings is 1. The predicted octanol–water partition coefficient (Wildman–Crippen LogP) is 1.26. The van der Waals surface area contributed by atoms with Gasteiger partial charge in [-0.15, -0.1) is 0 Å². The molecule has 1 aromatic carbocycles. The maximum atomic E-state index is 12.8. The summed E-state index contributed by atoms with van der Waals surface area (Å²) in [6.45, 7) is 1.60. The molecule has 0 bridgehead atoms. The van der Waals surface area contributed by atoms with E-state index in [1.54, 1.807) is 25.3 Å². The molecule has 2 heterocycles. The van der Waals surface area contributed by atoms with E-state index in [2.05, 4.69) is 10.5 Å². The van der Waals surface area contributed by atoms with Gasteiger partial charge in [0.15, 0.2) is 5.76 Å². The molecule has 1 aliphatic heterocycles. The van der Waals surface area contributed by atoms with Gasteiger partial charge in [-0.05, 0) is 30.5 Å². The van der Waals surface area contributed by atoms with Crippen molar-refractivity contribution in [2.75, 3.05) is 26.8 Å². The van der Waals surface area contributed by atoms with Crippen molar-refractivity contribution in [1.29, 1.82) is 0 Å². The molecular formula is C17H21N3O5S. The molecule has 3 rings (SSSR count). The minimum absolute atomic E-state index is 0.114. The van der Waals surface area contributed by atoms with E-state index in [1.165, 1.54) is 22.6 Å². The molecule has 0 spiro atoms. The molecule has 26 heavy (non-hydrogen) atoms. The SMILES string of the molecule is COCC1CCN(S(=O)(=O)c2cccc(C(=O)NCc3ccno3)c2)C1.